The van der Waals surface area contributed by atoms with Crippen molar-refractivity contribution >= 4 is 11.8 Å². The number of nitrogens with one attached hydrogen (secondary N) is 1. The first-order valence-electron chi connectivity index (χ1n) is 9.56. The third-order valence-electron chi connectivity index (χ3n) is 4.88. The molecule has 27 heavy (non-hydrogen) atoms. The van der Waals surface area contributed by atoms with Crippen LogP contribution in [0.2, 0.25) is 0 Å². The maximum Gasteiger partial charge on any atom is 0.242 e. The molecule has 0 aliphatic rings. The van der Waals surface area contributed by atoms with Gasteiger partial charge in [-0.15, -0.1) is 0 Å². The van der Waals surface area contributed by atoms with Crippen LogP contribution < -0.4 is 5.32 Å². The van der Waals surface area contributed by atoms with Gasteiger partial charge in [-0.25, -0.2) is 0 Å². The van der Waals surface area contributed by atoms with E-state index in [4.69, 9.17) is 0 Å². The van der Waals surface area contributed by atoms with Crippen LogP contribution in [0.1, 0.15) is 49.8 Å². The minimum atomic E-state index is -0.508. The van der Waals surface area contributed by atoms with Crippen LogP contribution in [0.5, 0.6) is 0 Å². The van der Waals surface area contributed by atoms with Crippen LogP contribution in [0.15, 0.2) is 54.6 Å². The van der Waals surface area contributed by atoms with Gasteiger partial charge in [-0.2, -0.15) is 0 Å². The third-order valence-corrected chi connectivity index (χ3v) is 4.88. The molecule has 0 saturated carbocycles. The van der Waals surface area contributed by atoms with E-state index in [0.29, 0.717) is 25.3 Å². The van der Waals surface area contributed by atoms with E-state index in [-0.39, 0.29) is 11.8 Å². The second-order valence-corrected chi connectivity index (χ2v) is 7.19. The number of amides is 2. The highest BCUT2D eigenvalue weighted by atomic mass is 16.2. The molecular formula is C23H30N2O2. The molecule has 0 aliphatic carbocycles. The van der Waals surface area contributed by atoms with Gasteiger partial charge in [-0.3, -0.25) is 9.59 Å². The van der Waals surface area contributed by atoms with E-state index in [1.54, 1.807) is 18.9 Å². The highest BCUT2D eigenvalue weighted by molar-refractivity contribution is 5.87. The molecule has 2 amide bonds. The molecule has 0 radical (unpaired) electrons. The monoisotopic (exact) mass is 366 g/mol. The van der Waals surface area contributed by atoms with Crippen molar-refractivity contribution in [2.75, 3.05) is 7.05 Å². The maximum atomic E-state index is 12.9. The summed E-state index contributed by atoms with van der Waals surface area (Å²) >= 11 is 0. The second kappa shape index (κ2) is 9.91. The van der Waals surface area contributed by atoms with E-state index < -0.39 is 6.04 Å². The van der Waals surface area contributed by atoms with Crippen molar-refractivity contribution in [2.45, 2.75) is 52.1 Å². The molecule has 2 aromatic carbocycles. The molecule has 2 aromatic rings. The molecule has 2 rings (SSSR count). The second-order valence-electron chi connectivity index (χ2n) is 7.19. The van der Waals surface area contributed by atoms with Crippen LogP contribution in [0.4, 0.5) is 0 Å². The molecule has 0 unspecified atom stereocenters. The quantitative estimate of drug-likeness (QED) is 0.770. The fourth-order valence-corrected chi connectivity index (χ4v) is 3.04. The SMILES string of the molecule is CNC(=O)[C@H](C)N(Cc1ccccc1)C(=O)CCc1ccc(C(C)C)cc1. The number of aryl methyl sites for hydroxylation is 1. The van der Waals surface area contributed by atoms with Crippen molar-refractivity contribution in [3.05, 3.63) is 71.3 Å². The van der Waals surface area contributed by atoms with Gasteiger partial charge in [0.25, 0.3) is 0 Å². The van der Waals surface area contributed by atoms with Crippen molar-refractivity contribution < 1.29 is 9.59 Å². The topological polar surface area (TPSA) is 49.4 Å². The lowest BCUT2D eigenvalue weighted by Gasteiger charge is -2.28. The van der Waals surface area contributed by atoms with Crippen LogP contribution in [0.25, 0.3) is 0 Å². The Morgan fingerprint density at radius 1 is 0.926 bits per heavy atom. The number of likely N-dealkylation sites (N-methyl/N-ethyl adjacent to an activating group) is 1. The van der Waals surface area contributed by atoms with E-state index in [9.17, 15) is 9.59 Å². The number of carbonyl (C=O) groups is 2. The Hall–Kier alpha value is -2.62. The van der Waals surface area contributed by atoms with Crippen LogP contribution >= 0.6 is 0 Å². The van der Waals surface area contributed by atoms with Crippen molar-refractivity contribution in [3.8, 4) is 0 Å². The van der Waals surface area contributed by atoms with Crippen molar-refractivity contribution in [2.24, 2.45) is 0 Å². The summed E-state index contributed by atoms with van der Waals surface area (Å²) in [5.41, 5.74) is 3.45. The van der Waals surface area contributed by atoms with Gasteiger partial charge in [0.05, 0.1) is 0 Å². The van der Waals surface area contributed by atoms with Gasteiger partial charge >= 0.3 is 0 Å². The molecule has 0 fully saturated rings. The zero-order chi connectivity index (χ0) is 19.8. The van der Waals surface area contributed by atoms with E-state index in [0.717, 1.165) is 11.1 Å². The molecule has 0 bridgehead atoms. The van der Waals surface area contributed by atoms with Gasteiger partial charge in [-0.1, -0.05) is 68.4 Å². The van der Waals surface area contributed by atoms with Crippen LogP contribution in [-0.4, -0.2) is 29.8 Å². The molecule has 1 N–H and O–H groups in total. The first kappa shape index (κ1) is 20.7. The van der Waals surface area contributed by atoms with Gasteiger partial charge in [0.15, 0.2) is 0 Å². The molecule has 1 atom stereocenters. The normalized spacial score (nSPS) is 11.9. The van der Waals surface area contributed by atoms with Crippen molar-refractivity contribution in [3.63, 3.8) is 0 Å². The predicted octanol–water partition coefficient (Wildman–Crippen LogP) is 3.91. The zero-order valence-electron chi connectivity index (χ0n) is 16.7. The first-order valence-corrected chi connectivity index (χ1v) is 9.56. The van der Waals surface area contributed by atoms with Crippen molar-refractivity contribution in [1.29, 1.82) is 0 Å². The van der Waals surface area contributed by atoms with Crippen LogP contribution in [0, 0.1) is 0 Å². The summed E-state index contributed by atoms with van der Waals surface area (Å²) in [5, 5.41) is 2.64. The zero-order valence-corrected chi connectivity index (χ0v) is 16.7. The number of hydrogen-bond acceptors (Lipinski definition) is 2. The van der Waals surface area contributed by atoms with E-state index in [1.165, 1.54) is 5.56 Å². The van der Waals surface area contributed by atoms with E-state index in [1.807, 2.05) is 30.3 Å². The van der Waals surface area contributed by atoms with E-state index in [2.05, 4.69) is 43.4 Å². The minimum absolute atomic E-state index is 0.0112. The number of rotatable bonds is 8. The number of carbonyl (C=O) groups excluding carboxylic acids is 2. The number of hydrogen-bond donors (Lipinski definition) is 1. The van der Waals surface area contributed by atoms with E-state index >= 15 is 0 Å². The molecule has 0 spiro atoms. The van der Waals surface area contributed by atoms with Gasteiger partial charge in [0, 0.05) is 20.0 Å². The predicted molar refractivity (Wildman–Crippen MR) is 109 cm³/mol. The highest BCUT2D eigenvalue weighted by Gasteiger charge is 2.25. The summed E-state index contributed by atoms with van der Waals surface area (Å²) in [7, 11) is 1.60. The third kappa shape index (κ3) is 5.95. The Balaban J connectivity index is 2.07. The fourth-order valence-electron chi connectivity index (χ4n) is 3.04. The first-order chi connectivity index (χ1) is 12.9. The van der Waals surface area contributed by atoms with Gasteiger partial charge in [0.1, 0.15) is 6.04 Å². The summed E-state index contributed by atoms with van der Waals surface area (Å²) in [6.45, 7) is 6.54. The Morgan fingerprint density at radius 2 is 1.56 bits per heavy atom. The average molecular weight is 367 g/mol. The molecular weight excluding hydrogens is 336 g/mol. The summed E-state index contributed by atoms with van der Waals surface area (Å²) in [6, 6.07) is 17.7. The van der Waals surface area contributed by atoms with Crippen LogP contribution in [0.3, 0.4) is 0 Å². The van der Waals surface area contributed by atoms with Crippen LogP contribution in [-0.2, 0) is 22.6 Å². The Kier molecular flexibility index (Phi) is 7.59. The molecule has 4 heteroatoms. The van der Waals surface area contributed by atoms with Gasteiger partial charge in [0.2, 0.25) is 11.8 Å². The summed E-state index contributed by atoms with van der Waals surface area (Å²) < 4.78 is 0. The summed E-state index contributed by atoms with van der Waals surface area (Å²) in [5.74, 6) is 0.332. The summed E-state index contributed by atoms with van der Waals surface area (Å²) in [6.07, 6.45) is 1.05. The standard InChI is InChI=1S/C23H30N2O2/c1-17(2)21-13-10-19(11-14-21)12-15-22(26)25(18(3)23(27)24-4)16-20-8-6-5-7-9-20/h5-11,13-14,17-18H,12,15-16H2,1-4H3,(H,24,27)/t18-/m0/s1. The lowest BCUT2D eigenvalue weighted by atomic mass is 10.00. The van der Waals surface area contributed by atoms with Crippen molar-refractivity contribution in [1.82, 2.24) is 10.2 Å². The molecule has 0 saturated heterocycles. The lowest BCUT2D eigenvalue weighted by Crippen LogP contribution is -2.46. The molecule has 4 nitrogen and oxygen atoms in total. The molecule has 0 heterocycles. The molecule has 0 aromatic heterocycles. The highest BCUT2D eigenvalue weighted by Crippen LogP contribution is 2.17. The molecule has 0 aliphatic heterocycles. The number of benzene rings is 2. The summed E-state index contributed by atoms with van der Waals surface area (Å²) in [4.78, 5) is 26.7. The van der Waals surface area contributed by atoms with Gasteiger partial charge < -0.3 is 10.2 Å². The fraction of sp³-hybridized carbons (Fsp3) is 0.391. The average Bonchev–Trinajstić information content (AvgIpc) is 2.70. The lowest BCUT2D eigenvalue weighted by molar-refractivity contribution is -0.140. The maximum absolute atomic E-state index is 12.9. The Bertz CT molecular complexity index is 739. The Morgan fingerprint density at radius 3 is 2.11 bits per heavy atom. The Labute approximate surface area is 162 Å². The minimum Gasteiger partial charge on any atom is -0.357 e. The smallest absolute Gasteiger partial charge is 0.242 e. The largest absolute Gasteiger partial charge is 0.357 e. The van der Waals surface area contributed by atoms with Gasteiger partial charge in [-0.05, 0) is 36.0 Å². The number of nitrogens with zero attached hydrogens (tertiary/aromatic N) is 1. The molecule has 144 valence electrons.